The van der Waals surface area contributed by atoms with Gasteiger partial charge >= 0.3 is 0 Å². The number of aliphatic hydroxyl groups excluding tert-OH is 1. The van der Waals surface area contributed by atoms with Crippen molar-refractivity contribution in [2.75, 3.05) is 41.0 Å². The highest BCUT2D eigenvalue weighted by Crippen LogP contribution is 2.39. The van der Waals surface area contributed by atoms with Crippen LogP contribution in [0.15, 0.2) is 73.2 Å². The molecule has 11 heteroatoms. The van der Waals surface area contributed by atoms with Crippen LogP contribution in [0.1, 0.15) is 30.9 Å². The average Bonchev–Trinajstić information content (AvgIpc) is 3.51. The number of fused-ring (bicyclic) bond motifs is 1. The van der Waals surface area contributed by atoms with Crippen LogP contribution in [0, 0.1) is 5.92 Å². The topological polar surface area (TPSA) is 105 Å². The molecule has 0 spiro atoms. The first-order chi connectivity index (χ1) is 23.7. The molecule has 3 N–H and O–H groups in total. The normalized spacial score (nSPS) is 18.6. The van der Waals surface area contributed by atoms with Gasteiger partial charge in [-0.05, 0) is 43.9 Å². The zero-order chi connectivity index (χ0) is 34.3. The molecule has 2 aliphatic rings. The molecule has 0 radical (unpaired) electrons. The van der Waals surface area contributed by atoms with Crippen molar-refractivity contribution in [2.45, 2.75) is 44.6 Å². The maximum Gasteiger partial charge on any atom is 0.230 e. The Labute approximate surface area is 291 Å². The summed E-state index contributed by atoms with van der Waals surface area (Å²) < 4.78 is 21.3. The van der Waals surface area contributed by atoms with Crippen molar-refractivity contribution in [1.29, 1.82) is 0 Å². The maximum atomic E-state index is 10.2. The first-order valence-corrected chi connectivity index (χ1v) is 17.0. The lowest BCUT2D eigenvalue weighted by atomic mass is 9.82. The van der Waals surface area contributed by atoms with Gasteiger partial charge in [-0.1, -0.05) is 35.9 Å². The summed E-state index contributed by atoms with van der Waals surface area (Å²) in [5.74, 6) is 2.69. The second-order valence-corrected chi connectivity index (χ2v) is 13.9. The number of aromatic nitrogens is 3. The Bertz CT molecular complexity index is 1960. The third-order valence-electron chi connectivity index (χ3n) is 9.70. The fourth-order valence-electron chi connectivity index (χ4n) is 7.18. The molecule has 1 saturated heterocycles. The van der Waals surface area contributed by atoms with Gasteiger partial charge in [-0.15, -0.1) is 0 Å². The first kappa shape index (κ1) is 33.3. The van der Waals surface area contributed by atoms with Crippen LogP contribution < -0.4 is 24.1 Å². The lowest BCUT2D eigenvalue weighted by molar-refractivity contribution is -0.596. The highest BCUT2D eigenvalue weighted by atomic mass is 35.5. The minimum Gasteiger partial charge on any atom is -0.496 e. The maximum absolute atomic E-state index is 10.2. The number of benzene rings is 3. The van der Waals surface area contributed by atoms with Gasteiger partial charge < -0.3 is 29.7 Å². The summed E-state index contributed by atoms with van der Waals surface area (Å²) in [4.78, 5) is 2.16. The molecule has 3 aromatic carbocycles. The van der Waals surface area contributed by atoms with E-state index in [1.54, 1.807) is 21.3 Å². The van der Waals surface area contributed by atoms with E-state index in [2.05, 4.69) is 22.3 Å². The van der Waals surface area contributed by atoms with Crippen LogP contribution in [0.4, 0.5) is 0 Å². The molecular weight excluding hydrogens is 642 g/mol. The molecule has 1 saturated carbocycles. The molecule has 0 amide bonds. The summed E-state index contributed by atoms with van der Waals surface area (Å²) in [6.07, 6.45) is 7.42. The summed E-state index contributed by atoms with van der Waals surface area (Å²) in [5.41, 5.74) is 5.73. The highest BCUT2D eigenvalue weighted by Gasteiger charge is 2.37. The Morgan fingerprint density at radius 3 is 2.35 bits per heavy atom. The minimum absolute atomic E-state index is 0.146. The molecule has 0 unspecified atom stereocenters. The number of methoxy groups -OCH3 is 3. The summed E-state index contributed by atoms with van der Waals surface area (Å²) in [6, 6.07) is 18.1. The molecule has 7 rings (SSSR count). The molecule has 5 aromatic rings. The molecule has 1 aliphatic heterocycles. The summed E-state index contributed by atoms with van der Waals surface area (Å²) in [5, 5.41) is 29.7. The van der Waals surface area contributed by atoms with E-state index in [9.17, 15) is 10.2 Å². The minimum atomic E-state index is -0.663. The number of hydrogen-bond donors (Lipinski definition) is 3. The van der Waals surface area contributed by atoms with Crippen molar-refractivity contribution in [3.63, 3.8) is 0 Å². The third-order valence-corrected chi connectivity index (χ3v) is 10.1. The number of halogens is 1. The van der Waals surface area contributed by atoms with Crippen molar-refractivity contribution >= 4 is 22.5 Å². The van der Waals surface area contributed by atoms with E-state index < -0.39 is 5.60 Å². The van der Waals surface area contributed by atoms with Crippen LogP contribution in [0.5, 0.6) is 17.2 Å². The molecule has 1 aliphatic carbocycles. The van der Waals surface area contributed by atoms with E-state index in [4.69, 9.17) is 30.9 Å². The number of aliphatic hydroxyl groups is 2. The van der Waals surface area contributed by atoms with Crippen molar-refractivity contribution in [3.8, 4) is 39.8 Å². The molecule has 0 atom stereocenters. The Kier molecular flexibility index (Phi) is 9.25. The Hall–Kier alpha value is -4.19. The van der Waals surface area contributed by atoms with Crippen LogP contribution in [-0.2, 0) is 13.1 Å². The van der Waals surface area contributed by atoms with Crippen LogP contribution in [0.25, 0.3) is 33.4 Å². The highest BCUT2D eigenvalue weighted by molar-refractivity contribution is 6.35. The number of ether oxygens (including phenoxy) is 3. The van der Waals surface area contributed by atoms with E-state index in [1.165, 1.54) is 0 Å². The van der Waals surface area contributed by atoms with Crippen LogP contribution in [-0.4, -0.2) is 77.6 Å². The van der Waals surface area contributed by atoms with Gasteiger partial charge in [0.1, 0.15) is 16.5 Å². The van der Waals surface area contributed by atoms with Gasteiger partial charge in [0.05, 0.1) is 56.0 Å². The van der Waals surface area contributed by atoms with E-state index in [-0.39, 0.29) is 6.10 Å². The predicted molar refractivity (Wildman–Crippen MR) is 189 cm³/mol. The number of rotatable bonds is 12. The van der Waals surface area contributed by atoms with Crippen molar-refractivity contribution in [2.24, 2.45) is 5.92 Å². The van der Waals surface area contributed by atoms with Gasteiger partial charge in [0.2, 0.25) is 11.9 Å². The SMILES string of the molecule is COc1c[n+](-c2cccc(-c3cccc4c3cnn4-c3cc(OC)c(CN4CC(C)(O)C4)c(OC)c3)c2Cl)ccc1CNCC1CC(O)C1. The van der Waals surface area contributed by atoms with Gasteiger partial charge in [-0.2, -0.15) is 9.67 Å². The molecule has 3 heterocycles. The molecule has 0 bridgehead atoms. The standard InChI is InChI=1S/C38H43ClN5O5/c1-38(46)22-42(23-38)20-31-34(47-2)15-26(16-35(31)48-3)44-32-9-5-7-28(30(32)19-41-44)29-8-6-10-33(37(29)39)43-12-11-25(36(21-43)49-4)18-40-17-24-13-27(45)14-24/h5-12,15-16,19,21,24,27,40,45-46H,13-14,17-18,20,22-23H2,1-4H3/q+1. The second-order valence-electron chi connectivity index (χ2n) is 13.5. The number of nitrogens with one attached hydrogen (secondary N) is 1. The average molecular weight is 685 g/mol. The van der Waals surface area contributed by atoms with Gasteiger partial charge in [0.25, 0.3) is 0 Å². The molecule has 10 nitrogen and oxygen atoms in total. The van der Waals surface area contributed by atoms with Crippen LogP contribution in [0.2, 0.25) is 5.02 Å². The largest absolute Gasteiger partial charge is 0.496 e. The van der Waals surface area contributed by atoms with Gasteiger partial charge in [0.15, 0.2) is 11.9 Å². The smallest absolute Gasteiger partial charge is 0.230 e. The lowest BCUT2D eigenvalue weighted by Crippen LogP contribution is -2.59. The molecule has 2 fully saturated rings. The number of β-amino-alcohol motifs (C(OH)–C–C–N with tert-alkyl or cyclic N) is 1. The third kappa shape index (κ3) is 6.59. The zero-order valence-electron chi connectivity index (χ0n) is 28.3. The number of likely N-dealkylation sites (tertiary alicyclic amines) is 1. The fraction of sp³-hybridized carbons (Fsp3) is 0.368. The molecular formula is C38H43ClN5O5+. The molecule has 49 heavy (non-hydrogen) atoms. The van der Waals surface area contributed by atoms with Crippen molar-refractivity contribution in [1.82, 2.24) is 20.0 Å². The van der Waals surface area contributed by atoms with Crippen molar-refractivity contribution < 1.29 is 29.0 Å². The zero-order valence-corrected chi connectivity index (χ0v) is 29.1. The predicted octanol–water partition coefficient (Wildman–Crippen LogP) is 5.08. The van der Waals surface area contributed by atoms with Crippen LogP contribution >= 0.6 is 11.6 Å². The number of pyridine rings is 1. The summed E-state index contributed by atoms with van der Waals surface area (Å²) in [7, 11) is 4.99. The Morgan fingerprint density at radius 1 is 0.980 bits per heavy atom. The van der Waals surface area contributed by atoms with E-state index in [1.807, 2.05) is 77.2 Å². The Balaban J connectivity index is 1.18. The van der Waals surface area contributed by atoms with Gasteiger partial charge in [-0.3, -0.25) is 4.90 Å². The number of nitrogens with zero attached hydrogens (tertiary/aromatic N) is 4. The van der Waals surface area contributed by atoms with Crippen molar-refractivity contribution in [3.05, 3.63) is 89.3 Å². The second kappa shape index (κ2) is 13.6. The lowest BCUT2D eigenvalue weighted by Gasteiger charge is -2.44. The van der Waals surface area contributed by atoms with E-state index in [0.717, 1.165) is 69.7 Å². The van der Waals surface area contributed by atoms with E-state index in [0.29, 0.717) is 48.6 Å². The first-order valence-electron chi connectivity index (χ1n) is 16.6. The molecule has 2 aromatic heterocycles. The quantitative estimate of drug-likeness (QED) is 0.157. The summed E-state index contributed by atoms with van der Waals surface area (Å²) in [6.45, 7) is 5.20. The summed E-state index contributed by atoms with van der Waals surface area (Å²) >= 11 is 7.19. The monoisotopic (exact) mass is 684 g/mol. The molecule has 256 valence electrons. The Morgan fingerprint density at radius 2 is 1.67 bits per heavy atom. The fourth-order valence-corrected chi connectivity index (χ4v) is 7.51. The van der Waals surface area contributed by atoms with E-state index >= 15 is 0 Å². The number of hydrogen-bond acceptors (Lipinski definition) is 8. The van der Waals surface area contributed by atoms with Gasteiger partial charge in [0, 0.05) is 67.0 Å². The van der Waals surface area contributed by atoms with Gasteiger partial charge in [-0.25, -0.2) is 4.68 Å². The van der Waals surface area contributed by atoms with Crippen LogP contribution in [0.3, 0.4) is 0 Å².